The van der Waals surface area contributed by atoms with Gasteiger partial charge in [-0.15, -0.1) is 0 Å². The molecule has 4 saturated carbocycles. The van der Waals surface area contributed by atoms with Crippen LogP contribution in [0.1, 0.15) is 99.2 Å². The third kappa shape index (κ3) is 3.87. The molecule has 3 aliphatic heterocycles. The van der Waals surface area contributed by atoms with Gasteiger partial charge in [-0.3, -0.25) is 24.0 Å². The lowest BCUT2D eigenvalue weighted by molar-refractivity contribution is -0.480. The summed E-state index contributed by atoms with van der Waals surface area (Å²) in [6.07, 6.45) is -3.06. The highest BCUT2D eigenvalue weighted by Gasteiger charge is 3.04. The van der Waals surface area contributed by atoms with Crippen LogP contribution in [0.4, 0.5) is 0 Å². The molecule has 14 unspecified atom stereocenters. The Morgan fingerprint density at radius 1 is 0.981 bits per heavy atom. The predicted molar refractivity (Wildman–Crippen MR) is 175 cm³/mol. The van der Waals surface area contributed by atoms with Crippen LogP contribution in [0.25, 0.3) is 0 Å². The van der Waals surface area contributed by atoms with Crippen LogP contribution < -0.4 is 0 Å². The molecule has 7 aliphatic rings. The maximum Gasteiger partial charge on any atom is 0.308 e. The Morgan fingerprint density at radius 3 is 2.28 bits per heavy atom. The smallest absolute Gasteiger partial charge is 0.308 e. The fraction of sp³-hybridized carbons (Fsp3) is 0.763. The molecule has 0 amide bonds. The van der Waals surface area contributed by atoms with Gasteiger partial charge in [-0.05, 0) is 18.4 Å². The fourth-order valence-electron chi connectivity index (χ4n) is 12.9. The molecule has 15 heteroatoms. The Labute approximate surface area is 306 Å². The summed E-state index contributed by atoms with van der Waals surface area (Å²) in [4.78, 5) is 68.0. The lowest BCUT2D eigenvalue weighted by Crippen LogP contribution is -2.94. The molecule has 1 aromatic heterocycles. The van der Waals surface area contributed by atoms with Crippen LogP contribution in [0, 0.1) is 34.0 Å². The van der Waals surface area contributed by atoms with Crippen molar-refractivity contribution in [3.05, 3.63) is 24.2 Å². The molecule has 0 radical (unpaired) electrons. The molecule has 1 aromatic rings. The molecule has 3 saturated heterocycles. The number of ether oxygens (including phenoxy) is 8. The van der Waals surface area contributed by atoms with Gasteiger partial charge in [0.2, 0.25) is 0 Å². The first-order valence-electron chi connectivity index (χ1n) is 18.4. The largest absolute Gasteiger partial charge is 0.472 e. The number of cyclic esters (lactones) is 1. The van der Waals surface area contributed by atoms with Gasteiger partial charge in [0.05, 0.1) is 37.4 Å². The zero-order valence-corrected chi connectivity index (χ0v) is 31.5. The van der Waals surface area contributed by atoms with E-state index in [1.165, 1.54) is 26.6 Å². The van der Waals surface area contributed by atoms with E-state index in [4.69, 9.17) is 42.3 Å². The van der Waals surface area contributed by atoms with Crippen molar-refractivity contribution in [1.29, 1.82) is 0 Å². The van der Waals surface area contributed by atoms with Crippen LogP contribution in [0.5, 0.6) is 0 Å². The minimum atomic E-state index is -2.33. The first kappa shape index (κ1) is 36.4. The number of esters is 5. The summed E-state index contributed by atoms with van der Waals surface area (Å²) in [5, 5.41) is 13.9. The number of fused-ring (bicyclic) bond motifs is 3. The highest BCUT2D eigenvalue weighted by Crippen LogP contribution is 2.89. The number of hydrogen-bond donors (Lipinski definition) is 1. The number of methoxy groups -OCH3 is 1. The van der Waals surface area contributed by atoms with E-state index in [1.54, 1.807) is 40.7 Å². The second kappa shape index (κ2) is 10.8. The highest BCUT2D eigenvalue weighted by atomic mass is 16.9. The van der Waals surface area contributed by atoms with Gasteiger partial charge in [0.25, 0.3) is 5.97 Å². The van der Waals surface area contributed by atoms with Gasteiger partial charge in [-0.25, -0.2) is 0 Å². The van der Waals surface area contributed by atoms with Crippen LogP contribution in [0.3, 0.4) is 0 Å². The molecule has 4 bridgehead atoms. The van der Waals surface area contributed by atoms with Gasteiger partial charge in [0.15, 0.2) is 11.7 Å². The van der Waals surface area contributed by atoms with Gasteiger partial charge >= 0.3 is 29.8 Å². The van der Waals surface area contributed by atoms with Crippen molar-refractivity contribution in [2.24, 2.45) is 34.0 Å². The van der Waals surface area contributed by atoms with Gasteiger partial charge in [-0.2, -0.15) is 0 Å². The van der Waals surface area contributed by atoms with Crippen molar-refractivity contribution in [3.8, 4) is 0 Å². The Morgan fingerprint density at radius 2 is 1.68 bits per heavy atom. The standard InChI is InChI=1S/C38H48O15/c1-10-24(40)49-30-37(44)29(50-28(43)18(2)3)31(5)17-36(37)33(7,21(31)13-25(41)45-9)35-15-23(47-19(4)39)32(6)22(38(30,35)53-34(8,51-35)52-36)14-26(42)48-27(32)20-11-12-46-16-20/h11-12,16,18,21-23,27,29-30,44H,10,13-15,17H2,1-9H3. The van der Waals surface area contributed by atoms with E-state index >= 15 is 0 Å². The average Bonchev–Trinajstić information content (AvgIpc) is 3.78. The van der Waals surface area contributed by atoms with Crippen molar-refractivity contribution >= 4 is 29.8 Å². The van der Waals surface area contributed by atoms with Crippen LogP contribution in [-0.4, -0.2) is 88.8 Å². The number of rotatable bonds is 8. The van der Waals surface area contributed by atoms with Crippen molar-refractivity contribution < 1.29 is 71.4 Å². The summed E-state index contributed by atoms with van der Waals surface area (Å²) in [7, 11) is 1.27. The van der Waals surface area contributed by atoms with Gasteiger partial charge in [0, 0.05) is 55.4 Å². The lowest BCUT2D eigenvalue weighted by atomic mass is 9.33. The molecule has 4 heterocycles. The van der Waals surface area contributed by atoms with Crippen molar-refractivity contribution in [2.75, 3.05) is 7.11 Å². The Balaban J connectivity index is 1.49. The summed E-state index contributed by atoms with van der Waals surface area (Å²) in [6, 6.07) is 1.64. The lowest BCUT2D eigenvalue weighted by Gasteiger charge is -2.77. The molecular weight excluding hydrogens is 696 g/mol. The molecule has 7 fully saturated rings. The summed E-state index contributed by atoms with van der Waals surface area (Å²) in [5.41, 5.74) is -11.2. The second-order valence-corrected chi connectivity index (χ2v) is 17.2. The Kier molecular flexibility index (Phi) is 7.44. The monoisotopic (exact) mass is 744 g/mol. The number of furan rings is 1. The van der Waals surface area contributed by atoms with E-state index in [-0.39, 0.29) is 32.1 Å². The average molecular weight is 745 g/mol. The minimum Gasteiger partial charge on any atom is -0.472 e. The molecule has 15 nitrogen and oxygen atoms in total. The molecule has 8 rings (SSSR count). The summed E-state index contributed by atoms with van der Waals surface area (Å²) in [5.74, 6) is -7.57. The summed E-state index contributed by atoms with van der Waals surface area (Å²) in [6.45, 7) is 13.2. The molecule has 0 aromatic carbocycles. The van der Waals surface area contributed by atoms with E-state index < -0.39 is 117 Å². The van der Waals surface area contributed by atoms with Crippen LogP contribution in [0.2, 0.25) is 0 Å². The third-order valence-corrected chi connectivity index (χ3v) is 14.6. The second-order valence-electron chi connectivity index (χ2n) is 17.2. The Bertz CT molecular complexity index is 1790. The van der Waals surface area contributed by atoms with Gasteiger partial charge in [0.1, 0.15) is 35.1 Å². The zero-order chi connectivity index (χ0) is 38.5. The molecule has 14 atom stereocenters. The maximum absolute atomic E-state index is 14.0. The maximum atomic E-state index is 14.0. The predicted octanol–water partition coefficient (Wildman–Crippen LogP) is 3.44. The van der Waals surface area contributed by atoms with Crippen molar-refractivity contribution in [2.45, 2.75) is 140 Å². The topological polar surface area (TPSA) is 193 Å². The first-order valence-corrected chi connectivity index (χ1v) is 18.4. The van der Waals surface area contributed by atoms with Crippen molar-refractivity contribution in [3.63, 3.8) is 0 Å². The molecule has 290 valence electrons. The first-order chi connectivity index (χ1) is 24.7. The van der Waals surface area contributed by atoms with Crippen LogP contribution in [0.15, 0.2) is 23.0 Å². The van der Waals surface area contributed by atoms with E-state index in [9.17, 15) is 29.1 Å². The van der Waals surface area contributed by atoms with Gasteiger partial charge in [-0.1, -0.05) is 41.5 Å². The zero-order valence-electron chi connectivity index (χ0n) is 31.5. The van der Waals surface area contributed by atoms with Crippen molar-refractivity contribution in [1.82, 2.24) is 0 Å². The number of carbonyl (C=O) groups is 5. The highest BCUT2D eigenvalue weighted by molar-refractivity contribution is 5.75. The number of hydrogen-bond acceptors (Lipinski definition) is 15. The molecule has 1 N–H and O–H groups in total. The van der Waals surface area contributed by atoms with E-state index in [2.05, 4.69) is 0 Å². The fourth-order valence-corrected chi connectivity index (χ4v) is 12.9. The van der Waals surface area contributed by atoms with Crippen LogP contribution >= 0.6 is 0 Å². The minimum absolute atomic E-state index is 0.0326. The Hall–Kier alpha value is -3.53. The van der Waals surface area contributed by atoms with E-state index in [0.29, 0.717) is 5.56 Å². The van der Waals surface area contributed by atoms with Crippen LogP contribution in [-0.2, 0) is 61.9 Å². The third-order valence-electron chi connectivity index (χ3n) is 14.6. The normalized spacial score (nSPS) is 49.5. The SMILES string of the molecule is CCC(=O)OC1C2(O)C(OC(=O)C(C)C)C3(C)CC24OC2(C)OC15C1CC(=O)OC(c6ccoc6)C1(C)C(OC(C)=O)CC5(O2)C4(C)C3CC(=O)OC. The number of carbonyl (C=O) groups excluding carboxylic acids is 5. The molecule has 4 aliphatic carbocycles. The van der Waals surface area contributed by atoms with Gasteiger partial charge < -0.3 is 47.4 Å². The molecular formula is C38H48O15. The van der Waals surface area contributed by atoms with E-state index in [0.717, 1.165) is 0 Å². The molecule has 2 spiro atoms. The molecule has 53 heavy (non-hydrogen) atoms. The summed E-state index contributed by atoms with van der Waals surface area (Å²) >= 11 is 0. The quantitative estimate of drug-likeness (QED) is 0.300. The number of aliphatic hydroxyl groups is 1. The summed E-state index contributed by atoms with van der Waals surface area (Å²) < 4.78 is 57.1. The van der Waals surface area contributed by atoms with E-state index in [1.807, 2.05) is 13.8 Å².